The lowest BCUT2D eigenvalue weighted by atomic mass is 9.94. The highest BCUT2D eigenvalue weighted by molar-refractivity contribution is 6.17. The van der Waals surface area contributed by atoms with E-state index in [0.717, 1.165) is 55.6 Å². The standard InChI is InChI=1S/C43H28N2O2/c1-4-14-29(15-5-1)34-20-10-11-21-35(34)30-24-26-33(27-25-30)45(32-18-8-3-9-19-32)41-40-39(47-43(44-40)31-16-6-2-7-17-31)28-37-36-22-12-13-23-38(36)46-42(37)41/h1-28H. The van der Waals surface area contributed by atoms with Crippen molar-refractivity contribution in [2.24, 2.45) is 0 Å². The van der Waals surface area contributed by atoms with E-state index in [4.69, 9.17) is 13.8 Å². The molecule has 0 saturated carbocycles. The summed E-state index contributed by atoms with van der Waals surface area (Å²) in [5, 5.41) is 2.01. The average Bonchev–Trinajstić information content (AvgIpc) is 3.75. The van der Waals surface area contributed by atoms with Crippen LogP contribution in [0, 0.1) is 0 Å². The van der Waals surface area contributed by atoms with Crippen LogP contribution >= 0.6 is 0 Å². The van der Waals surface area contributed by atoms with E-state index in [9.17, 15) is 0 Å². The van der Waals surface area contributed by atoms with E-state index in [1.54, 1.807) is 0 Å². The van der Waals surface area contributed by atoms with Crippen LogP contribution < -0.4 is 4.90 Å². The van der Waals surface area contributed by atoms with E-state index in [-0.39, 0.29) is 0 Å². The fourth-order valence-electron chi connectivity index (χ4n) is 6.51. The summed E-state index contributed by atoms with van der Waals surface area (Å²) in [5.41, 5.74) is 11.5. The molecule has 0 saturated heterocycles. The highest BCUT2D eigenvalue weighted by Gasteiger charge is 2.26. The topological polar surface area (TPSA) is 42.4 Å². The van der Waals surface area contributed by atoms with Crippen molar-refractivity contribution in [3.8, 4) is 33.7 Å². The van der Waals surface area contributed by atoms with Gasteiger partial charge >= 0.3 is 0 Å². The molecule has 0 bridgehead atoms. The van der Waals surface area contributed by atoms with Crippen LogP contribution in [0.2, 0.25) is 0 Å². The number of aromatic nitrogens is 1. The van der Waals surface area contributed by atoms with Gasteiger partial charge in [-0.25, -0.2) is 4.98 Å². The second kappa shape index (κ2) is 11.2. The van der Waals surface area contributed by atoms with Crippen molar-refractivity contribution in [1.29, 1.82) is 0 Å². The van der Waals surface area contributed by atoms with Gasteiger partial charge in [0.15, 0.2) is 11.2 Å². The minimum absolute atomic E-state index is 0.569. The fourth-order valence-corrected chi connectivity index (χ4v) is 6.51. The van der Waals surface area contributed by atoms with Gasteiger partial charge in [0, 0.05) is 27.7 Å². The zero-order valence-electron chi connectivity index (χ0n) is 25.4. The van der Waals surface area contributed by atoms with E-state index in [2.05, 4.69) is 120 Å². The van der Waals surface area contributed by atoms with E-state index in [0.29, 0.717) is 11.5 Å². The first kappa shape index (κ1) is 27.0. The van der Waals surface area contributed by atoms with Gasteiger partial charge in [-0.2, -0.15) is 0 Å². The van der Waals surface area contributed by atoms with Gasteiger partial charge in [0.25, 0.3) is 0 Å². The third-order valence-electron chi connectivity index (χ3n) is 8.71. The molecule has 0 amide bonds. The van der Waals surface area contributed by atoms with Crippen LogP contribution in [-0.4, -0.2) is 4.98 Å². The highest BCUT2D eigenvalue weighted by Crippen LogP contribution is 2.47. The maximum absolute atomic E-state index is 6.67. The molecule has 0 fully saturated rings. The van der Waals surface area contributed by atoms with Gasteiger partial charge in [-0.1, -0.05) is 121 Å². The van der Waals surface area contributed by atoms with Crippen molar-refractivity contribution >= 4 is 50.1 Å². The minimum atomic E-state index is 0.569. The first-order valence-corrected chi connectivity index (χ1v) is 15.7. The predicted octanol–water partition coefficient (Wildman–Crippen LogP) is 12.2. The number of nitrogens with zero attached hydrogens (tertiary/aromatic N) is 2. The molecule has 0 aliphatic heterocycles. The molecule has 0 spiro atoms. The van der Waals surface area contributed by atoms with Crippen molar-refractivity contribution in [3.63, 3.8) is 0 Å². The van der Waals surface area contributed by atoms with Gasteiger partial charge in [-0.3, -0.25) is 0 Å². The molecule has 0 aliphatic rings. The molecule has 47 heavy (non-hydrogen) atoms. The monoisotopic (exact) mass is 604 g/mol. The predicted molar refractivity (Wildman–Crippen MR) is 192 cm³/mol. The summed E-state index contributed by atoms with van der Waals surface area (Å²) in [4.78, 5) is 7.35. The second-order valence-corrected chi connectivity index (χ2v) is 11.6. The lowest BCUT2D eigenvalue weighted by Gasteiger charge is -2.26. The molecule has 9 rings (SSSR count). The normalized spacial score (nSPS) is 11.4. The summed E-state index contributed by atoms with van der Waals surface area (Å²) in [6, 6.07) is 58.5. The van der Waals surface area contributed by atoms with Crippen LogP contribution in [0.3, 0.4) is 0 Å². The first-order chi connectivity index (χ1) is 23.3. The molecule has 222 valence electrons. The first-order valence-electron chi connectivity index (χ1n) is 15.7. The van der Waals surface area contributed by atoms with E-state index < -0.39 is 0 Å². The Morgan fingerprint density at radius 3 is 1.68 bits per heavy atom. The third-order valence-corrected chi connectivity index (χ3v) is 8.71. The van der Waals surface area contributed by atoms with E-state index in [1.165, 1.54) is 16.7 Å². The van der Waals surface area contributed by atoms with Crippen LogP contribution in [-0.2, 0) is 0 Å². The van der Waals surface area contributed by atoms with E-state index in [1.807, 2.05) is 54.6 Å². The molecule has 2 aromatic heterocycles. The highest BCUT2D eigenvalue weighted by atomic mass is 16.4. The molecular weight excluding hydrogens is 576 g/mol. The van der Waals surface area contributed by atoms with Crippen molar-refractivity contribution in [2.75, 3.05) is 4.90 Å². The maximum atomic E-state index is 6.67. The Kier molecular flexibility index (Phi) is 6.43. The summed E-state index contributed by atoms with van der Waals surface area (Å²) >= 11 is 0. The Morgan fingerprint density at radius 1 is 0.426 bits per heavy atom. The molecular formula is C43H28N2O2. The zero-order valence-corrected chi connectivity index (χ0v) is 25.4. The Balaban J connectivity index is 1.28. The quantitative estimate of drug-likeness (QED) is 0.189. The van der Waals surface area contributed by atoms with Gasteiger partial charge in [-0.05, 0) is 70.8 Å². The molecule has 0 aliphatic carbocycles. The maximum Gasteiger partial charge on any atom is 0.227 e. The van der Waals surface area contributed by atoms with Crippen LogP contribution in [0.4, 0.5) is 17.1 Å². The van der Waals surface area contributed by atoms with Gasteiger partial charge < -0.3 is 13.7 Å². The summed E-state index contributed by atoms with van der Waals surface area (Å²) in [6.45, 7) is 0. The van der Waals surface area contributed by atoms with Crippen LogP contribution in [0.15, 0.2) is 179 Å². The molecule has 7 aromatic carbocycles. The van der Waals surface area contributed by atoms with Crippen LogP contribution in [0.5, 0.6) is 0 Å². The smallest absolute Gasteiger partial charge is 0.227 e. The van der Waals surface area contributed by atoms with Crippen LogP contribution in [0.25, 0.3) is 66.7 Å². The van der Waals surface area contributed by atoms with Crippen LogP contribution in [0.1, 0.15) is 0 Å². The molecule has 4 heteroatoms. The number of anilines is 3. The Morgan fingerprint density at radius 2 is 0.979 bits per heavy atom. The second-order valence-electron chi connectivity index (χ2n) is 11.6. The molecule has 0 unspecified atom stereocenters. The summed E-state index contributed by atoms with van der Waals surface area (Å²) in [7, 11) is 0. The van der Waals surface area contributed by atoms with Gasteiger partial charge in [-0.15, -0.1) is 0 Å². The number of hydrogen-bond acceptors (Lipinski definition) is 4. The molecule has 2 heterocycles. The van der Waals surface area contributed by atoms with Crippen molar-refractivity contribution in [3.05, 3.63) is 170 Å². The number of hydrogen-bond donors (Lipinski definition) is 0. The molecule has 0 radical (unpaired) electrons. The fraction of sp³-hybridized carbons (Fsp3) is 0. The zero-order chi connectivity index (χ0) is 31.2. The number of fused-ring (bicyclic) bond motifs is 4. The number of furan rings is 1. The van der Waals surface area contributed by atoms with Gasteiger partial charge in [0.2, 0.25) is 5.89 Å². The van der Waals surface area contributed by atoms with Crippen molar-refractivity contribution < 1.29 is 8.83 Å². The number of rotatable bonds is 6. The summed E-state index contributed by atoms with van der Waals surface area (Å²) < 4.78 is 13.2. The number of oxazole rings is 1. The summed E-state index contributed by atoms with van der Waals surface area (Å²) in [6.07, 6.45) is 0. The molecule has 0 N–H and O–H groups in total. The lowest BCUT2D eigenvalue weighted by Crippen LogP contribution is -2.11. The Bertz CT molecular complexity index is 2500. The number of benzene rings is 7. The molecule has 9 aromatic rings. The van der Waals surface area contributed by atoms with Crippen molar-refractivity contribution in [2.45, 2.75) is 0 Å². The van der Waals surface area contributed by atoms with Gasteiger partial charge in [0.1, 0.15) is 16.8 Å². The lowest BCUT2D eigenvalue weighted by molar-refractivity contribution is 0.620. The molecule has 4 nitrogen and oxygen atoms in total. The van der Waals surface area contributed by atoms with E-state index >= 15 is 0 Å². The number of para-hydroxylation sites is 2. The Labute approximate surface area is 271 Å². The molecule has 0 atom stereocenters. The average molecular weight is 605 g/mol. The summed E-state index contributed by atoms with van der Waals surface area (Å²) in [5.74, 6) is 0.569. The Hall–Kier alpha value is -6.39. The van der Waals surface area contributed by atoms with Crippen molar-refractivity contribution in [1.82, 2.24) is 4.98 Å². The van der Waals surface area contributed by atoms with Gasteiger partial charge in [0.05, 0.1) is 0 Å². The largest absolute Gasteiger partial charge is 0.454 e. The minimum Gasteiger partial charge on any atom is -0.454 e. The SMILES string of the molecule is c1ccc(-c2nc3c(N(c4ccccc4)c4ccc(-c5ccccc5-c5ccccc5)cc4)c4oc5ccccc5c4cc3o2)cc1. The third kappa shape index (κ3) is 4.66.